The third kappa shape index (κ3) is 3.79. The van der Waals surface area contributed by atoms with E-state index in [2.05, 4.69) is 10.4 Å². The molecule has 0 aliphatic rings. The highest BCUT2D eigenvalue weighted by atomic mass is 19.1. The molecule has 0 fully saturated rings. The molecule has 1 amide bonds. The van der Waals surface area contributed by atoms with E-state index >= 15 is 0 Å². The fraction of sp³-hybridized carbons (Fsp3) is 0.353. The van der Waals surface area contributed by atoms with Gasteiger partial charge in [0, 0.05) is 19.2 Å². The van der Waals surface area contributed by atoms with E-state index in [-0.39, 0.29) is 12.2 Å². The first-order chi connectivity index (χ1) is 11.3. The summed E-state index contributed by atoms with van der Waals surface area (Å²) >= 11 is 0. The molecular formula is C17H20FN3O3. The summed E-state index contributed by atoms with van der Waals surface area (Å²) in [5.74, 6) is -1.32. The topological polar surface area (TPSA) is 73.2 Å². The Bertz CT molecular complexity index is 753. The molecule has 0 aliphatic carbocycles. The molecule has 0 aliphatic heterocycles. The van der Waals surface area contributed by atoms with Crippen molar-refractivity contribution in [2.45, 2.75) is 26.3 Å². The molecule has 0 radical (unpaired) electrons. The lowest BCUT2D eigenvalue weighted by molar-refractivity contribution is -0.142. The van der Waals surface area contributed by atoms with Crippen LogP contribution in [0.3, 0.4) is 0 Å². The van der Waals surface area contributed by atoms with Crippen molar-refractivity contribution in [3.8, 4) is 0 Å². The number of halogens is 1. The number of esters is 1. The number of amides is 1. The lowest BCUT2D eigenvalue weighted by atomic mass is 10.0. The van der Waals surface area contributed by atoms with Crippen LogP contribution >= 0.6 is 0 Å². The SMILES string of the molecule is COC(=O)[C@H](Cc1ccc(F)cc1)NC(=O)c1c(C)nn(C)c1C. The average Bonchev–Trinajstić information content (AvgIpc) is 2.80. The van der Waals surface area contributed by atoms with E-state index in [0.717, 1.165) is 0 Å². The number of rotatable bonds is 5. The van der Waals surface area contributed by atoms with Gasteiger partial charge >= 0.3 is 5.97 Å². The van der Waals surface area contributed by atoms with Crippen LogP contribution in [0.4, 0.5) is 4.39 Å². The number of methoxy groups -OCH3 is 1. The Labute approximate surface area is 139 Å². The van der Waals surface area contributed by atoms with Gasteiger partial charge in [0.1, 0.15) is 11.9 Å². The molecule has 2 rings (SSSR count). The van der Waals surface area contributed by atoms with Crippen LogP contribution in [0, 0.1) is 19.7 Å². The standard InChI is InChI=1S/C17H20FN3O3/c1-10-15(11(2)21(3)20-10)16(22)19-14(17(23)24-4)9-12-5-7-13(18)8-6-12/h5-8,14H,9H2,1-4H3,(H,19,22)/t14-/m0/s1. The van der Waals surface area contributed by atoms with Crippen LogP contribution < -0.4 is 5.32 Å². The summed E-state index contributed by atoms with van der Waals surface area (Å²) in [7, 11) is 3.00. The van der Waals surface area contributed by atoms with Crippen LogP contribution in [0.25, 0.3) is 0 Å². The smallest absolute Gasteiger partial charge is 0.328 e. The summed E-state index contributed by atoms with van der Waals surface area (Å²) in [6.07, 6.45) is 0.205. The first-order valence-corrected chi connectivity index (χ1v) is 7.46. The predicted molar refractivity (Wildman–Crippen MR) is 86.1 cm³/mol. The number of nitrogens with one attached hydrogen (secondary N) is 1. The second-order valence-corrected chi connectivity index (χ2v) is 5.55. The highest BCUT2D eigenvalue weighted by Crippen LogP contribution is 2.13. The molecule has 1 atom stereocenters. The average molecular weight is 333 g/mol. The molecule has 0 unspecified atom stereocenters. The van der Waals surface area contributed by atoms with Crippen LogP contribution in [-0.2, 0) is 23.0 Å². The number of carbonyl (C=O) groups excluding carboxylic acids is 2. The van der Waals surface area contributed by atoms with E-state index in [1.54, 1.807) is 37.7 Å². The summed E-state index contributed by atoms with van der Waals surface area (Å²) in [6, 6.07) is 4.88. The second-order valence-electron chi connectivity index (χ2n) is 5.55. The molecule has 1 aromatic heterocycles. The number of hydrogen-bond donors (Lipinski definition) is 1. The lowest BCUT2D eigenvalue weighted by Gasteiger charge is -2.17. The van der Waals surface area contributed by atoms with Crippen molar-refractivity contribution in [1.29, 1.82) is 0 Å². The largest absolute Gasteiger partial charge is 0.467 e. The number of carbonyl (C=O) groups is 2. The van der Waals surface area contributed by atoms with E-state index in [9.17, 15) is 14.0 Å². The number of hydrogen-bond acceptors (Lipinski definition) is 4. The molecule has 128 valence electrons. The van der Waals surface area contributed by atoms with Crippen molar-refractivity contribution >= 4 is 11.9 Å². The Morgan fingerprint density at radius 2 is 1.92 bits per heavy atom. The number of nitrogens with zero attached hydrogens (tertiary/aromatic N) is 2. The minimum atomic E-state index is -0.869. The first-order valence-electron chi connectivity index (χ1n) is 7.46. The Hall–Kier alpha value is -2.70. The molecule has 1 heterocycles. The summed E-state index contributed by atoms with van der Waals surface area (Å²) in [6.45, 7) is 3.51. The molecule has 0 saturated heterocycles. The van der Waals surface area contributed by atoms with E-state index in [0.29, 0.717) is 22.5 Å². The highest BCUT2D eigenvalue weighted by Gasteiger charge is 2.25. The Morgan fingerprint density at radius 3 is 2.42 bits per heavy atom. The van der Waals surface area contributed by atoms with Gasteiger partial charge in [0.15, 0.2) is 0 Å². The van der Waals surface area contributed by atoms with Crippen LogP contribution in [0.2, 0.25) is 0 Å². The maximum atomic E-state index is 13.0. The zero-order valence-corrected chi connectivity index (χ0v) is 14.1. The van der Waals surface area contributed by atoms with Crippen molar-refractivity contribution in [3.05, 3.63) is 52.6 Å². The number of aromatic nitrogens is 2. The number of ether oxygens (including phenoxy) is 1. The minimum absolute atomic E-state index is 0.205. The highest BCUT2D eigenvalue weighted by molar-refractivity contribution is 5.98. The van der Waals surface area contributed by atoms with Crippen LogP contribution in [-0.4, -0.2) is 34.8 Å². The third-order valence-electron chi connectivity index (χ3n) is 3.88. The monoisotopic (exact) mass is 333 g/mol. The molecule has 1 aromatic carbocycles. The van der Waals surface area contributed by atoms with E-state index in [1.165, 1.54) is 19.2 Å². The van der Waals surface area contributed by atoms with Crippen molar-refractivity contribution in [1.82, 2.24) is 15.1 Å². The van der Waals surface area contributed by atoms with Crippen LogP contribution in [0.1, 0.15) is 27.3 Å². The third-order valence-corrected chi connectivity index (χ3v) is 3.88. The molecular weight excluding hydrogens is 313 g/mol. The molecule has 0 spiro atoms. The quantitative estimate of drug-likeness (QED) is 0.845. The summed E-state index contributed by atoms with van der Waals surface area (Å²) in [4.78, 5) is 24.5. The van der Waals surface area contributed by atoms with Crippen molar-refractivity contribution < 1.29 is 18.7 Å². The van der Waals surface area contributed by atoms with Crippen LogP contribution in [0.5, 0.6) is 0 Å². The van der Waals surface area contributed by atoms with E-state index in [1.807, 2.05) is 0 Å². The van der Waals surface area contributed by atoms with Gasteiger partial charge in [0.25, 0.3) is 5.91 Å². The minimum Gasteiger partial charge on any atom is -0.467 e. The normalized spacial score (nSPS) is 11.9. The van der Waals surface area contributed by atoms with Gasteiger partial charge in [-0.3, -0.25) is 9.48 Å². The van der Waals surface area contributed by atoms with Crippen LogP contribution in [0.15, 0.2) is 24.3 Å². The fourth-order valence-corrected chi connectivity index (χ4v) is 2.52. The van der Waals surface area contributed by atoms with Gasteiger partial charge in [-0.15, -0.1) is 0 Å². The Balaban J connectivity index is 2.21. The number of aryl methyl sites for hydroxylation is 2. The molecule has 24 heavy (non-hydrogen) atoms. The van der Waals surface area contributed by atoms with Crippen molar-refractivity contribution in [3.63, 3.8) is 0 Å². The molecule has 2 aromatic rings. The molecule has 7 heteroatoms. The molecule has 1 N–H and O–H groups in total. The van der Waals surface area contributed by atoms with Gasteiger partial charge in [0.05, 0.1) is 18.4 Å². The fourth-order valence-electron chi connectivity index (χ4n) is 2.52. The molecule has 6 nitrogen and oxygen atoms in total. The van der Waals surface area contributed by atoms with Crippen molar-refractivity contribution in [2.75, 3.05) is 7.11 Å². The van der Waals surface area contributed by atoms with Gasteiger partial charge in [-0.25, -0.2) is 9.18 Å². The van der Waals surface area contributed by atoms with Crippen molar-refractivity contribution in [2.24, 2.45) is 7.05 Å². The van der Waals surface area contributed by atoms with Gasteiger partial charge < -0.3 is 10.1 Å². The zero-order chi connectivity index (χ0) is 17.9. The lowest BCUT2D eigenvalue weighted by Crippen LogP contribution is -2.43. The molecule has 0 bridgehead atoms. The predicted octanol–water partition coefficient (Wildman–Crippen LogP) is 1.69. The Morgan fingerprint density at radius 1 is 1.29 bits per heavy atom. The van der Waals surface area contributed by atoms with E-state index < -0.39 is 17.9 Å². The van der Waals surface area contributed by atoms with Gasteiger partial charge in [0.2, 0.25) is 0 Å². The van der Waals surface area contributed by atoms with E-state index in [4.69, 9.17) is 4.74 Å². The summed E-state index contributed by atoms with van der Waals surface area (Å²) in [5, 5.41) is 6.88. The van der Waals surface area contributed by atoms with Gasteiger partial charge in [-0.05, 0) is 31.5 Å². The first kappa shape index (κ1) is 17.7. The number of benzene rings is 1. The van der Waals surface area contributed by atoms with Gasteiger partial charge in [-0.2, -0.15) is 5.10 Å². The maximum Gasteiger partial charge on any atom is 0.328 e. The van der Waals surface area contributed by atoms with Gasteiger partial charge in [-0.1, -0.05) is 12.1 Å². The zero-order valence-electron chi connectivity index (χ0n) is 14.1. The summed E-state index contributed by atoms with van der Waals surface area (Å²) in [5.41, 5.74) is 2.44. The maximum absolute atomic E-state index is 13.0. The summed E-state index contributed by atoms with van der Waals surface area (Å²) < 4.78 is 19.4. The Kier molecular flexibility index (Phi) is 5.33. The second kappa shape index (κ2) is 7.25. The molecule has 0 saturated carbocycles.